The summed E-state index contributed by atoms with van der Waals surface area (Å²) in [5, 5.41) is 17.3. The number of aliphatic hydroxyl groups is 1. The van der Waals surface area contributed by atoms with E-state index < -0.39 is 17.5 Å². The van der Waals surface area contributed by atoms with Gasteiger partial charge in [0.05, 0.1) is 11.5 Å². The van der Waals surface area contributed by atoms with Crippen molar-refractivity contribution in [1.82, 2.24) is 0 Å². The Balaban J connectivity index is 4.19. The van der Waals surface area contributed by atoms with Gasteiger partial charge in [0, 0.05) is 0 Å². The quantitative estimate of drug-likeness (QED) is 0.574. The molecule has 0 saturated carbocycles. The first-order valence-electron chi connectivity index (χ1n) is 2.80. The van der Waals surface area contributed by atoms with Crippen LogP contribution in [0.2, 0.25) is 0 Å². The highest BCUT2D eigenvalue weighted by Gasteiger charge is 2.32. The highest BCUT2D eigenvalue weighted by molar-refractivity contribution is 5.74. The topological polar surface area (TPSA) is 57.5 Å². The molecule has 1 unspecified atom stereocenters. The molecule has 54 valence electrons. The fourth-order valence-electron chi connectivity index (χ4n) is 0.179. The van der Waals surface area contributed by atoms with Crippen LogP contribution in [0.4, 0.5) is 0 Å². The number of aliphatic carboxylic acids is 1. The van der Waals surface area contributed by atoms with Gasteiger partial charge in [0.1, 0.15) is 0 Å². The maximum Gasteiger partial charge on any atom is 0.311 e. The van der Waals surface area contributed by atoms with E-state index in [0.717, 1.165) is 0 Å². The van der Waals surface area contributed by atoms with Gasteiger partial charge in [-0.15, -0.1) is 0 Å². The van der Waals surface area contributed by atoms with Gasteiger partial charge in [-0.3, -0.25) is 4.79 Å². The van der Waals surface area contributed by atoms with E-state index in [9.17, 15) is 4.79 Å². The van der Waals surface area contributed by atoms with Gasteiger partial charge in [0.25, 0.3) is 0 Å². The Labute approximate surface area is 54.3 Å². The molecule has 2 N–H and O–H groups in total. The summed E-state index contributed by atoms with van der Waals surface area (Å²) in [6.07, 6.45) is -0.810. The molecule has 0 spiro atoms. The summed E-state index contributed by atoms with van der Waals surface area (Å²) in [5.41, 5.74) is -1.03. The average molecular weight is 132 g/mol. The molecule has 0 aliphatic heterocycles. The molecule has 0 aliphatic carbocycles. The van der Waals surface area contributed by atoms with Crippen molar-refractivity contribution < 1.29 is 15.0 Å². The van der Waals surface area contributed by atoms with E-state index in [1.54, 1.807) is 0 Å². The van der Waals surface area contributed by atoms with Gasteiger partial charge >= 0.3 is 5.97 Å². The molecule has 0 radical (unpaired) electrons. The summed E-state index contributed by atoms with van der Waals surface area (Å²) in [7, 11) is 0. The SMILES string of the molecule is CC(O)C(C)(C)C(=O)O. The standard InChI is InChI=1S/C6H12O3/c1-4(7)6(2,3)5(8)9/h4,7H,1-3H3,(H,8,9). The third-order valence-electron chi connectivity index (χ3n) is 1.60. The van der Waals surface area contributed by atoms with Crippen LogP contribution >= 0.6 is 0 Å². The van der Waals surface area contributed by atoms with Gasteiger partial charge in [0.15, 0.2) is 0 Å². The van der Waals surface area contributed by atoms with Crippen molar-refractivity contribution in [3.8, 4) is 0 Å². The largest absolute Gasteiger partial charge is 0.481 e. The Morgan fingerprint density at radius 3 is 1.89 bits per heavy atom. The smallest absolute Gasteiger partial charge is 0.311 e. The Hall–Kier alpha value is -0.570. The van der Waals surface area contributed by atoms with Gasteiger partial charge < -0.3 is 10.2 Å². The first-order chi connectivity index (χ1) is 3.89. The zero-order valence-corrected chi connectivity index (χ0v) is 5.88. The number of carbonyl (C=O) groups is 1. The van der Waals surface area contributed by atoms with Crippen molar-refractivity contribution in [1.29, 1.82) is 0 Å². The number of rotatable bonds is 2. The lowest BCUT2D eigenvalue weighted by Crippen LogP contribution is -2.34. The van der Waals surface area contributed by atoms with Crippen molar-refractivity contribution in [2.75, 3.05) is 0 Å². The van der Waals surface area contributed by atoms with E-state index >= 15 is 0 Å². The molecular weight excluding hydrogens is 120 g/mol. The van der Waals surface area contributed by atoms with Crippen molar-refractivity contribution in [2.45, 2.75) is 26.9 Å². The number of hydrogen-bond acceptors (Lipinski definition) is 2. The highest BCUT2D eigenvalue weighted by Crippen LogP contribution is 2.19. The second kappa shape index (κ2) is 2.35. The maximum atomic E-state index is 10.3. The Morgan fingerprint density at radius 2 is 1.89 bits per heavy atom. The normalized spacial score (nSPS) is 15.1. The molecule has 3 nitrogen and oxygen atoms in total. The van der Waals surface area contributed by atoms with Crippen LogP contribution in [0.15, 0.2) is 0 Å². The molecule has 9 heavy (non-hydrogen) atoms. The van der Waals surface area contributed by atoms with Gasteiger partial charge in [-0.2, -0.15) is 0 Å². The molecule has 0 aromatic heterocycles. The van der Waals surface area contributed by atoms with E-state index in [-0.39, 0.29) is 0 Å². The van der Waals surface area contributed by atoms with Gasteiger partial charge in [0.2, 0.25) is 0 Å². The van der Waals surface area contributed by atoms with Crippen molar-refractivity contribution in [2.24, 2.45) is 5.41 Å². The third kappa shape index (κ3) is 1.68. The molecule has 0 saturated heterocycles. The van der Waals surface area contributed by atoms with Crippen LogP contribution in [0.1, 0.15) is 20.8 Å². The molecular formula is C6H12O3. The molecule has 0 fully saturated rings. The lowest BCUT2D eigenvalue weighted by atomic mass is 9.88. The minimum absolute atomic E-state index is 0.810. The maximum absolute atomic E-state index is 10.3. The van der Waals surface area contributed by atoms with Crippen molar-refractivity contribution in [3.63, 3.8) is 0 Å². The summed E-state index contributed by atoms with van der Waals surface area (Å²) in [5.74, 6) is -0.975. The zero-order chi connectivity index (χ0) is 7.65. The Bertz CT molecular complexity index is 115. The molecule has 0 heterocycles. The van der Waals surface area contributed by atoms with Crippen molar-refractivity contribution >= 4 is 5.97 Å². The van der Waals surface area contributed by atoms with Crippen LogP contribution < -0.4 is 0 Å². The van der Waals surface area contributed by atoms with Crippen LogP contribution in [0.25, 0.3) is 0 Å². The van der Waals surface area contributed by atoms with E-state index in [1.165, 1.54) is 20.8 Å². The number of hydrogen-bond donors (Lipinski definition) is 2. The van der Waals surface area contributed by atoms with Gasteiger partial charge in [-0.1, -0.05) is 0 Å². The van der Waals surface area contributed by atoms with E-state index in [2.05, 4.69) is 0 Å². The predicted molar refractivity (Wildman–Crippen MR) is 33.1 cm³/mol. The zero-order valence-electron chi connectivity index (χ0n) is 5.88. The second-order valence-electron chi connectivity index (χ2n) is 2.70. The lowest BCUT2D eigenvalue weighted by Gasteiger charge is -2.21. The molecule has 0 aliphatic rings. The fraction of sp³-hybridized carbons (Fsp3) is 0.833. The highest BCUT2D eigenvalue weighted by atomic mass is 16.4. The van der Waals surface area contributed by atoms with Gasteiger partial charge in [-0.05, 0) is 20.8 Å². The first kappa shape index (κ1) is 8.43. The van der Waals surface area contributed by atoms with Crippen LogP contribution in [-0.2, 0) is 4.79 Å². The van der Waals surface area contributed by atoms with Crippen LogP contribution in [-0.4, -0.2) is 22.3 Å². The average Bonchev–Trinajstić information content (AvgIpc) is 1.65. The van der Waals surface area contributed by atoms with Crippen LogP contribution in [0, 0.1) is 5.41 Å². The van der Waals surface area contributed by atoms with Crippen LogP contribution in [0.5, 0.6) is 0 Å². The Kier molecular flexibility index (Phi) is 2.20. The van der Waals surface area contributed by atoms with Crippen molar-refractivity contribution in [3.05, 3.63) is 0 Å². The summed E-state index contributed by atoms with van der Waals surface area (Å²) >= 11 is 0. The number of carboxylic acids is 1. The fourth-order valence-corrected chi connectivity index (χ4v) is 0.179. The molecule has 0 aromatic carbocycles. The minimum Gasteiger partial charge on any atom is -0.481 e. The van der Waals surface area contributed by atoms with E-state index in [1.807, 2.05) is 0 Å². The molecule has 1 atom stereocenters. The summed E-state index contributed by atoms with van der Waals surface area (Å²) in [6, 6.07) is 0. The van der Waals surface area contributed by atoms with E-state index in [0.29, 0.717) is 0 Å². The second-order valence-corrected chi connectivity index (χ2v) is 2.70. The molecule has 3 heteroatoms. The van der Waals surface area contributed by atoms with Crippen LogP contribution in [0.3, 0.4) is 0 Å². The molecule has 0 amide bonds. The molecule has 0 aromatic rings. The summed E-state index contributed by atoms with van der Waals surface area (Å²) in [4.78, 5) is 10.3. The van der Waals surface area contributed by atoms with Gasteiger partial charge in [-0.25, -0.2) is 0 Å². The third-order valence-corrected chi connectivity index (χ3v) is 1.60. The molecule has 0 bridgehead atoms. The number of aliphatic hydroxyl groups excluding tert-OH is 1. The molecule has 0 rings (SSSR count). The monoisotopic (exact) mass is 132 g/mol. The lowest BCUT2D eigenvalue weighted by molar-refractivity contribution is -0.152. The Morgan fingerprint density at radius 1 is 1.56 bits per heavy atom. The summed E-state index contributed by atoms with van der Waals surface area (Å²) in [6.45, 7) is 4.44. The predicted octanol–water partition coefficient (Wildman–Crippen LogP) is 0.478. The number of carboxylic acid groups (broad SMARTS) is 1. The van der Waals surface area contributed by atoms with E-state index in [4.69, 9.17) is 10.2 Å². The first-order valence-corrected chi connectivity index (χ1v) is 2.80. The summed E-state index contributed by atoms with van der Waals surface area (Å²) < 4.78 is 0. The minimum atomic E-state index is -1.03.